The van der Waals surface area contributed by atoms with Crippen LogP contribution in [0.15, 0.2) is 0 Å². The van der Waals surface area contributed by atoms with Gasteiger partial charge in [0.05, 0.1) is 13.2 Å². The summed E-state index contributed by atoms with van der Waals surface area (Å²) >= 11 is 16.5. The van der Waals surface area contributed by atoms with Gasteiger partial charge in [-0.3, -0.25) is 4.57 Å². The van der Waals surface area contributed by atoms with Gasteiger partial charge in [0, 0.05) is 0 Å². The summed E-state index contributed by atoms with van der Waals surface area (Å²) in [6, 6.07) is 0. The number of rotatable bonds is 12. The third-order valence-electron chi connectivity index (χ3n) is 2.90. The molecule has 23 heavy (non-hydrogen) atoms. The molecule has 1 unspecified atom stereocenters. The number of alkyl halides is 3. The highest BCUT2D eigenvalue weighted by Gasteiger charge is 2.43. The predicted octanol–water partition coefficient (Wildman–Crippen LogP) is 5.85. The van der Waals surface area contributed by atoms with Crippen LogP contribution < -0.4 is 0 Å². The van der Waals surface area contributed by atoms with Crippen LogP contribution in [-0.4, -0.2) is 28.8 Å². The lowest BCUT2D eigenvalue weighted by Gasteiger charge is -2.27. The Morgan fingerprint density at radius 2 is 1.48 bits per heavy atom. The van der Waals surface area contributed by atoms with Gasteiger partial charge in [-0.25, -0.2) is 4.79 Å². The van der Waals surface area contributed by atoms with Crippen LogP contribution in [0.25, 0.3) is 0 Å². The zero-order chi connectivity index (χ0) is 17.9. The smallest absolute Gasteiger partial charge is 0.370 e. The molecule has 0 aromatic carbocycles. The molecule has 0 saturated heterocycles. The van der Waals surface area contributed by atoms with Crippen molar-refractivity contribution < 1.29 is 23.1 Å². The van der Waals surface area contributed by atoms with E-state index < -0.39 is 23.2 Å². The molecule has 0 aliphatic heterocycles. The number of carbonyl (C=O) groups is 1. The topological polar surface area (TPSA) is 61.8 Å². The molecule has 9 heteroatoms. The fourth-order valence-corrected chi connectivity index (χ4v) is 3.70. The zero-order valence-electron chi connectivity index (χ0n) is 13.9. The molecule has 0 N–H and O–H groups in total. The summed E-state index contributed by atoms with van der Waals surface area (Å²) in [5, 5.41) is 0. The molecule has 0 bridgehead atoms. The third-order valence-corrected chi connectivity index (χ3v) is 5.52. The molecule has 0 heterocycles. The maximum Gasteiger partial charge on any atom is 0.370 e. The Morgan fingerprint density at radius 3 is 1.83 bits per heavy atom. The molecule has 1 atom stereocenters. The largest absolute Gasteiger partial charge is 0.446 e. The molecule has 0 aliphatic rings. The lowest BCUT2D eigenvalue weighted by Crippen LogP contribution is -2.29. The van der Waals surface area contributed by atoms with E-state index in [2.05, 4.69) is 0 Å². The van der Waals surface area contributed by atoms with Crippen molar-refractivity contribution >= 4 is 48.4 Å². The van der Waals surface area contributed by atoms with Gasteiger partial charge >= 0.3 is 13.6 Å². The summed E-state index contributed by atoms with van der Waals surface area (Å²) in [4.78, 5) is 11.8. The van der Waals surface area contributed by atoms with E-state index in [9.17, 15) is 9.36 Å². The van der Waals surface area contributed by atoms with E-state index in [1.807, 2.05) is 20.8 Å². The van der Waals surface area contributed by atoms with Crippen molar-refractivity contribution in [3.05, 3.63) is 0 Å². The maximum absolute atomic E-state index is 13.1. The Balaban J connectivity index is 5.12. The van der Waals surface area contributed by atoms with Crippen LogP contribution in [0.5, 0.6) is 0 Å². The van der Waals surface area contributed by atoms with Gasteiger partial charge in [0.15, 0.2) is 0 Å². The number of hydrogen-bond donors (Lipinski definition) is 0. The van der Waals surface area contributed by atoms with Gasteiger partial charge in [0.2, 0.25) is 5.85 Å². The normalized spacial score (nSPS) is 13.8. The highest BCUT2D eigenvalue weighted by molar-refractivity contribution is 7.54. The van der Waals surface area contributed by atoms with Crippen LogP contribution in [0, 0.1) is 0 Å². The molecule has 5 nitrogen and oxygen atoms in total. The Bertz CT molecular complexity index is 373. The summed E-state index contributed by atoms with van der Waals surface area (Å²) in [5.41, 5.74) is 0. The number of hydrogen-bond acceptors (Lipinski definition) is 5. The Morgan fingerprint density at radius 1 is 1.00 bits per heavy atom. The van der Waals surface area contributed by atoms with E-state index in [1.165, 1.54) is 0 Å². The van der Waals surface area contributed by atoms with Gasteiger partial charge in [-0.05, 0) is 19.3 Å². The maximum atomic E-state index is 13.1. The van der Waals surface area contributed by atoms with Crippen molar-refractivity contribution in [2.75, 3.05) is 13.2 Å². The average Bonchev–Trinajstić information content (AvgIpc) is 2.46. The number of halogens is 3. The minimum Gasteiger partial charge on any atom is -0.446 e. The van der Waals surface area contributed by atoms with E-state index in [0.717, 1.165) is 25.7 Å². The SMILES string of the molecule is CCCCOP(=O)(OCCCC)C(CCC)OC(=O)C(Cl)(Cl)Cl. The molecule has 0 saturated carbocycles. The number of ether oxygens (including phenoxy) is 1. The van der Waals surface area contributed by atoms with Gasteiger partial charge in [0.1, 0.15) is 0 Å². The average molecular weight is 412 g/mol. The van der Waals surface area contributed by atoms with Crippen LogP contribution in [0.1, 0.15) is 59.3 Å². The molecule has 0 spiro atoms. The lowest BCUT2D eigenvalue weighted by molar-refractivity contribution is -0.145. The first kappa shape index (κ1) is 23.5. The summed E-state index contributed by atoms with van der Waals surface area (Å²) in [6.45, 7) is 6.34. The Hall–Kier alpha value is 0.490. The Labute approximate surface area is 153 Å². The number of esters is 1. The molecule has 138 valence electrons. The van der Waals surface area contributed by atoms with Crippen LogP contribution in [0.2, 0.25) is 0 Å². The molecule has 0 radical (unpaired) electrons. The Kier molecular flexibility index (Phi) is 12.2. The second-order valence-corrected chi connectivity index (χ2v) is 9.51. The van der Waals surface area contributed by atoms with Crippen molar-refractivity contribution in [1.82, 2.24) is 0 Å². The molecule has 0 rings (SSSR count). The van der Waals surface area contributed by atoms with Crippen molar-refractivity contribution in [2.24, 2.45) is 0 Å². The second kappa shape index (κ2) is 11.9. The van der Waals surface area contributed by atoms with Crippen LogP contribution in [-0.2, 0) is 23.1 Å². The molecule has 0 amide bonds. The molecular formula is C14H26Cl3O5P. The van der Waals surface area contributed by atoms with Gasteiger partial charge in [-0.1, -0.05) is 74.8 Å². The van der Waals surface area contributed by atoms with Crippen molar-refractivity contribution in [2.45, 2.75) is 68.9 Å². The van der Waals surface area contributed by atoms with Gasteiger partial charge in [0.25, 0.3) is 3.79 Å². The zero-order valence-corrected chi connectivity index (χ0v) is 17.0. The monoisotopic (exact) mass is 410 g/mol. The van der Waals surface area contributed by atoms with Crippen LogP contribution in [0.4, 0.5) is 0 Å². The molecular weight excluding hydrogens is 385 g/mol. The molecule has 0 aromatic heterocycles. The van der Waals surface area contributed by atoms with Crippen molar-refractivity contribution in [3.63, 3.8) is 0 Å². The fraction of sp³-hybridized carbons (Fsp3) is 0.929. The molecule has 0 fully saturated rings. The van der Waals surface area contributed by atoms with Crippen molar-refractivity contribution in [3.8, 4) is 0 Å². The van der Waals surface area contributed by atoms with Gasteiger partial charge < -0.3 is 13.8 Å². The van der Waals surface area contributed by atoms with Gasteiger partial charge in [-0.2, -0.15) is 0 Å². The summed E-state index contributed by atoms with van der Waals surface area (Å²) in [7, 11) is -3.65. The lowest BCUT2D eigenvalue weighted by atomic mass is 10.3. The van der Waals surface area contributed by atoms with E-state index in [-0.39, 0.29) is 13.2 Å². The number of carbonyl (C=O) groups excluding carboxylic acids is 1. The van der Waals surface area contributed by atoms with E-state index in [4.69, 9.17) is 48.6 Å². The van der Waals surface area contributed by atoms with Crippen LogP contribution in [0.3, 0.4) is 0 Å². The minimum absolute atomic E-state index is 0.255. The first-order chi connectivity index (χ1) is 10.7. The molecule has 0 aliphatic carbocycles. The highest BCUT2D eigenvalue weighted by atomic mass is 35.6. The van der Waals surface area contributed by atoms with Crippen molar-refractivity contribution in [1.29, 1.82) is 0 Å². The standard InChI is InChI=1S/C14H26Cl3O5P/c1-4-7-10-20-23(19,21-11-8-5-2)12(9-6-3)22-13(18)14(15,16)17/h12H,4-11H2,1-3H3. The first-order valence-electron chi connectivity index (χ1n) is 7.87. The number of unbranched alkanes of at least 4 members (excludes halogenated alkanes) is 2. The van der Waals surface area contributed by atoms with Gasteiger partial charge in [-0.15, -0.1) is 0 Å². The second-order valence-electron chi connectivity index (χ2n) is 5.06. The molecule has 0 aromatic rings. The quantitative estimate of drug-likeness (QED) is 0.174. The summed E-state index contributed by atoms with van der Waals surface area (Å²) < 4.78 is 26.9. The van der Waals surface area contributed by atoms with E-state index in [1.54, 1.807) is 0 Å². The highest BCUT2D eigenvalue weighted by Crippen LogP contribution is 2.56. The van der Waals surface area contributed by atoms with E-state index in [0.29, 0.717) is 12.8 Å². The van der Waals surface area contributed by atoms with E-state index >= 15 is 0 Å². The summed E-state index contributed by atoms with van der Waals surface area (Å²) in [5.74, 6) is -2.16. The third kappa shape index (κ3) is 9.52. The first-order valence-corrected chi connectivity index (χ1v) is 10.6. The minimum atomic E-state index is -3.65. The predicted molar refractivity (Wildman–Crippen MR) is 94.4 cm³/mol. The summed E-state index contributed by atoms with van der Waals surface area (Å²) in [6.07, 6.45) is 4.09. The van der Waals surface area contributed by atoms with Crippen LogP contribution >= 0.6 is 42.4 Å². The fourth-order valence-electron chi connectivity index (χ4n) is 1.59.